The molecular formula is C9H21N3O2S. The van der Waals surface area contributed by atoms with Gasteiger partial charge in [0, 0.05) is 26.2 Å². The van der Waals surface area contributed by atoms with Gasteiger partial charge in [0.05, 0.1) is 5.75 Å². The highest BCUT2D eigenvalue weighted by molar-refractivity contribution is 7.89. The second-order valence-electron chi connectivity index (χ2n) is 3.98. The Hall–Kier alpha value is -0.170. The zero-order chi connectivity index (χ0) is 11.3. The minimum atomic E-state index is -3.01. The lowest BCUT2D eigenvalue weighted by Crippen LogP contribution is -2.47. The van der Waals surface area contributed by atoms with Crippen molar-refractivity contribution in [2.75, 3.05) is 52.6 Å². The van der Waals surface area contributed by atoms with E-state index in [0.29, 0.717) is 19.5 Å². The van der Waals surface area contributed by atoms with Crippen molar-refractivity contribution in [3.63, 3.8) is 0 Å². The molecule has 1 saturated heterocycles. The maximum Gasteiger partial charge on any atom is 0.214 e. The summed E-state index contributed by atoms with van der Waals surface area (Å²) >= 11 is 0. The first-order chi connectivity index (χ1) is 7.06. The van der Waals surface area contributed by atoms with Crippen LogP contribution in [0.4, 0.5) is 0 Å². The Morgan fingerprint density at radius 1 is 1.20 bits per heavy atom. The molecule has 0 spiro atoms. The van der Waals surface area contributed by atoms with E-state index in [0.717, 1.165) is 19.6 Å². The number of likely N-dealkylation sites (N-methyl/N-ethyl adjacent to an activating group) is 1. The molecule has 1 aliphatic heterocycles. The summed E-state index contributed by atoms with van der Waals surface area (Å²) in [5.41, 5.74) is 0. The van der Waals surface area contributed by atoms with Gasteiger partial charge in [0.15, 0.2) is 0 Å². The van der Waals surface area contributed by atoms with Gasteiger partial charge in [-0.2, -0.15) is 4.31 Å². The van der Waals surface area contributed by atoms with Gasteiger partial charge in [-0.3, -0.25) is 0 Å². The second kappa shape index (κ2) is 5.79. The Morgan fingerprint density at radius 3 is 2.33 bits per heavy atom. The third-order valence-corrected chi connectivity index (χ3v) is 4.64. The summed E-state index contributed by atoms with van der Waals surface area (Å²) in [7, 11) is 0.842. The van der Waals surface area contributed by atoms with Crippen molar-refractivity contribution in [2.45, 2.75) is 6.42 Å². The summed E-state index contributed by atoms with van der Waals surface area (Å²) in [5, 5.41) is 2.96. The van der Waals surface area contributed by atoms with Crippen LogP contribution in [0.3, 0.4) is 0 Å². The maximum absolute atomic E-state index is 11.8. The van der Waals surface area contributed by atoms with Crippen LogP contribution in [0.5, 0.6) is 0 Å². The number of sulfonamides is 1. The van der Waals surface area contributed by atoms with Crippen LogP contribution in [0.25, 0.3) is 0 Å². The molecule has 0 saturated carbocycles. The lowest BCUT2D eigenvalue weighted by atomic mass is 10.4. The van der Waals surface area contributed by atoms with Crippen LogP contribution < -0.4 is 5.32 Å². The Labute approximate surface area is 92.5 Å². The van der Waals surface area contributed by atoms with Crippen LogP contribution in [-0.2, 0) is 10.0 Å². The van der Waals surface area contributed by atoms with Crippen LogP contribution >= 0.6 is 0 Å². The molecule has 0 aromatic heterocycles. The zero-order valence-corrected chi connectivity index (χ0v) is 10.4. The van der Waals surface area contributed by atoms with Gasteiger partial charge in [0.1, 0.15) is 0 Å². The van der Waals surface area contributed by atoms with Crippen molar-refractivity contribution in [1.29, 1.82) is 0 Å². The van der Waals surface area contributed by atoms with Crippen LogP contribution in [0.15, 0.2) is 0 Å². The standard InChI is InChI=1S/C9H21N3O2S/c1-10-4-3-9-15(13,14)12-7-5-11(2)6-8-12/h10H,3-9H2,1-2H3. The van der Waals surface area contributed by atoms with Crippen molar-refractivity contribution in [3.8, 4) is 0 Å². The van der Waals surface area contributed by atoms with Crippen molar-refractivity contribution in [2.24, 2.45) is 0 Å². The number of hydrogen-bond acceptors (Lipinski definition) is 4. The van der Waals surface area contributed by atoms with Crippen LogP contribution in [0.2, 0.25) is 0 Å². The number of nitrogens with zero attached hydrogens (tertiary/aromatic N) is 2. The first-order valence-electron chi connectivity index (χ1n) is 5.37. The molecule has 1 heterocycles. The number of piperazine rings is 1. The average Bonchev–Trinajstić information content (AvgIpc) is 2.18. The Morgan fingerprint density at radius 2 is 1.80 bits per heavy atom. The van der Waals surface area contributed by atoms with Crippen molar-refractivity contribution in [1.82, 2.24) is 14.5 Å². The molecule has 6 heteroatoms. The van der Waals surface area contributed by atoms with Gasteiger partial charge in [-0.25, -0.2) is 8.42 Å². The van der Waals surface area contributed by atoms with E-state index >= 15 is 0 Å². The van der Waals surface area contributed by atoms with E-state index in [-0.39, 0.29) is 5.75 Å². The summed E-state index contributed by atoms with van der Waals surface area (Å²) in [6, 6.07) is 0. The third kappa shape index (κ3) is 4.06. The minimum absolute atomic E-state index is 0.261. The molecular weight excluding hydrogens is 214 g/mol. The smallest absolute Gasteiger partial charge is 0.214 e. The molecule has 1 fully saturated rings. The molecule has 1 N–H and O–H groups in total. The molecule has 0 bridgehead atoms. The quantitative estimate of drug-likeness (QED) is 0.632. The van der Waals surface area contributed by atoms with E-state index in [2.05, 4.69) is 10.2 Å². The van der Waals surface area contributed by atoms with E-state index in [1.807, 2.05) is 14.1 Å². The van der Waals surface area contributed by atoms with E-state index in [4.69, 9.17) is 0 Å². The normalized spacial score (nSPS) is 20.7. The molecule has 5 nitrogen and oxygen atoms in total. The van der Waals surface area contributed by atoms with Gasteiger partial charge in [-0.05, 0) is 27.1 Å². The first kappa shape index (κ1) is 12.9. The van der Waals surface area contributed by atoms with E-state index in [1.54, 1.807) is 4.31 Å². The van der Waals surface area contributed by atoms with Crippen molar-refractivity contribution >= 4 is 10.0 Å². The SMILES string of the molecule is CNCCCS(=O)(=O)N1CCN(C)CC1. The van der Waals surface area contributed by atoms with Gasteiger partial charge in [-0.15, -0.1) is 0 Å². The Balaban J connectivity index is 2.40. The summed E-state index contributed by atoms with van der Waals surface area (Å²) in [4.78, 5) is 2.15. The van der Waals surface area contributed by atoms with Crippen LogP contribution in [-0.4, -0.2) is 70.2 Å². The second-order valence-corrected chi connectivity index (χ2v) is 6.06. The maximum atomic E-state index is 11.8. The fourth-order valence-corrected chi connectivity index (χ4v) is 3.11. The van der Waals surface area contributed by atoms with Crippen molar-refractivity contribution in [3.05, 3.63) is 0 Å². The molecule has 0 atom stereocenters. The molecule has 0 unspecified atom stereocenters. The van der Waals surface area contributed by atoms with Gasteiger partial charge >= 0.3 is 0 Å². The molecule has 1 rings (SSSR count). The van der Waals surface area contributed by atoms with E-state index < -0.39 is 10.0 Å². The fourth-order valence-electron chi connectivity index (χ4n) is 1.63. The summed E-state index contributed by atoms with van der Waals surface area (Å²) < 4.78 is 25.3. The predicted octanol–water partition coefficient (Wildman–Crippen LogP) is -0.827. The number of rotatable bonds is 5. The highest BCUT2D eigenvalue weighted by atomic mass is 32.2. The Kier molecular flexibility index (Phi) is 4.98. The lowest BCUT2D eigenvalue weighted by molar-refractivity contribution is 0.222. The first-order valence-corrected chi connectivity index (χ1v) is 6.98. The van der Waals surface area contributed by atoms with Crippen LogP contribution in [0.1, 0.15) is 6.42 Å². The summed E-state index contributed by atoms with van der Waals surface area (Å²) in [6.45, 7) is 3.71. The highest BCUT2D eigenvalue weighted by Gasteiger charge is 2.24. The predicted molar refractivity (Wildman–Crippen MR) is 61.4 cm³/mol. The van der Waals surface area contributed by atoms with E-state index in [9.17, 15) is 8.42 Å². The number of hydrogen-bond donors (Lipinski definition) is 1. The Bertz CT molecular complexity index is 271. The topological polar surface area (TPSA) is 52.7 Å². The molecule has 0 aliphatic carbocycles. The third-order valence-electron chi connectivity index (χ3n) is 2.68. The van der Waals surface area contributed by atoms with Gasteiger partial charge < -0.3 is 10.2 Å². The molecule has 0 aromatic rings. The van der Waals surface area contributed by atoms with Gasteiger partial charge in [0.2, 0.25) is 10.0 Å². The van der Waals surface area contributed by atoms with E-state index in [1.165, 1.54) is 0 Å². The molecule has 15 heavy (non-hydrogen) atoms. The largest absolute Gasteiger partial charge is 0.320 e. The highest BCUT2D eigenvalue weighted by Crippen LogP contribution is 2.07. The van der Waals surface area contributed by atoms with Crippen LogP contribution in [0, 0.1) is 0 Å². The minimum Gasteiger partial charge on any atom is -0.320 e. The molecule has 0 amide bonds. The zero-order valence-electron chi connectivity index (χ0n) is 9.57. The van der Waals surface area contributed by atoms with Gasteiger partial charge in [-0.1, -0.05) is 0 Å². The summed E-state index contributed by atoms with van der Waals surface area (Å²) in [5.74, 6) is 0.261. The van der Waals surface area contributed by atoms with Gasteiger partial charge in [0.25, 0.3) is 0 Å². The fraction of sp³-hybridized carbons (Fsp3) is 1.00. The monoisotopic (exact) mass is 235 g/mol. The van der Waals surface area contributed by atoms with Crippen molar-refractivity contribution < 1.29 is 8.42 Å². The number of nitrogens with one attached hydrogen (secondary N) is 1. The molecule has 0 radical (unpaired) electrons. The summed E-state index contributed by atoms with van der Waals surface area (Å²) in [6.07, 6.45) is 0.686. The lowest BCUT2D eigenvalue weighted by Gasteiger charge is -2.31. The molecule has 0 aromatic carbocycles. The average molecular weight is 235 g/mol. The molecule has 90 valence electrons. The molecule has 1 aliphatic rings.